The molecule has 3 rings (SSSR count). The van der Waals surface area contributed by atoms with Crippen molar-refractivity contribution >= 4 is 35.2 Å². The molecular formula is C15H11ClN6O6. The van der Waals surface area contributed by atoms with E-state index in [9.17, 15) is 14.9 Å². The van der Waals surface area contributed by atoms with Crippen molar-refractivity contribution in [3.05, 3.63) is 50.9 Å². The summed E-state index contributed by atoms with van der Waals surface area (Å²) in [6.07, 6.45) is 1.23. The molecule has 0 radical (unpaired) electrons. The van der Waals surface area contributed by atoms with Gasteiger partial charge in [0, 0.05) is 0 Å². The van der Waals surface area contributed by atoms with Crippen molar-refractivity contribution in [2.75, 3.05) is 12.8 Å². The molecule has 1 aromatic carbocycles. The minimum absolute atomic E-state index is 0.0708. The number of hydrazone groups is 1. The van der Waals surface area contributed by atoms with Crippen molar-refractivity contribution in [3.8, 4) is 17.1 Å². The number of aromatic nitrogens is 2. The summed E-state index contributed by atoms with van der Waals surface area (Å²) in [6.45, 7) is 0. The van der Waals surface area contributed by atoms with Gasteiger partial charge in [-0.15, -0.1) is 0 Å². The van der Waals surface area contributed by atoms with Gasteiger partial charge in [0.15, 0.2) is 0 Å². The lowest BCUT2D eigenvalue weighted by molar-refractivity contribution is -0.384. The molecule has 3 aromatic rings. The lowest BCUT2D eigenvalue weighted by Gasteiger charge is -2.07. The van der Waals surface area contributed by atoms with Crippen molar-refractivity contribution in [3.63, 3.8) is 0 Å². The Hall–Kier alpha value is -3.93. The van der Waals surface area contributed by atoms with Crippen molar-refractivity contribution < 1.29 is 23.5 Å². The number of amides is 1. The SMILES string of the molecule is COc1cc([N+](=O)[O-])c(Cl)cc1-c1ccc(/C=N\NC(=O)c2nonc2N)o1. The molecule has 0 atom stereocenters. The first-order chi connectivity index (χ1) is 13.4. The summed E-state index contributed by atoms with van der Waals surface area (Å²) in [5.74, 6) is -0.0820. The van der Waals surface area contributed by atoms with Gasteiger partial charge in [-0.3, -0.25) is 14.9 Å². The third kappa shape index (κ3) is 3.76. The van der Waals surface area contributed by atoms with Crippen molar-refractivity contribution in [2.45, 2.75) is 0 Å². The predicted molar refractivity (Wildman–Crippen MR) is 96.1 cm³/mol. The van der Waals surface area contributed by atoms with Gasteiger partial charge in [-0.1, -0.05) is 11.6 Å². The molecule has 0 unspecified atom stereocenters. The van der Waals surface area contributed by atoms with E-state index >= 15 is 0 Å². The minimum atomic E-state index is -0.717. The van der Waals surface area contributed by atoms with Crippen LogP contribution in [0.1, 0.15) is 16.2 Å². The first-order valence-electron chi connectivity index (χ1n) is 7.44. The fraction of sp³-hybridized carbons (Fsp3) is 0.0667. The number of nitrogen functional groups attached to an aromatic ring is 1. The molecular weight excluding hydrogens is 396 g/mol. The van der Waals surface area contributed by atoms with Crippen LogP contribution < -0.4 is 15.9 Å². The van der Waals surface area contributed by atoms with Crippen LogP contribution in [0.5, 0.6) is 5.75 Å². The third-order valence-corrected chi connectivity index (χ3v) is 3.75. The summed E-state index contributed by atoms with van der Waals surface area (Å²) in [5, 5.41) is 21.2. The number of rotatable bonds is 6. The molecule has 0 saturated heterocycles. The number of hydrogen-bond donors (Lipinski definition) is 2. The van der Waals surface area contributed by atoms with Gasteiger partial charge in [0.25, 0.3) is 11.6 Å². The summed E-state index contributed by atoms with van der Waals surface area (Å²) in [5.41, 5.74) is 7.49. The number of ether oxygens (including phenoxy) is 1. The summed E-state index contributed by atoms with van der Waals surface area (Å²) >= 11 is 5.95. The van der Waals surface area contributed by atoms with Crippen molar-refractivity contribution in [1.82, 2.24) is 15.7 Å². The molecule has 0 aliphatic heterocycles. The van der Waals surface area contributed by atoms with E-state index in [1.165, 1.54) is 25.5 Å². The summed E-state index contributed by atoms with van der Waals surface area (Å²) in [6, 6.07) is 5.71. The molecule has 28 heavy (non-hydrogen) atoms. The van der Waals surface area contributed by atoms with Gasteiger partial charge in [-0.25, -0.2) is 10.1 Å². The average Bonchev–Trinajstić information content (AvgIpc) is 3.30. The quantitative estimate of drug-likeness (QED) is 0.353. The van der Waals surface area contributed by atoms with Gasteiger partial charge in [-0.05, 0) is 28.5 Å². The van der Waals surface area contributed by atoms with E-state index in [1.807, 2.05) is 0 Å². The van der Waals surface area contributed by atoms with Crippen LogP contribution in [-0.4, -0.2) is 34.5 Å². The molecule has 1 amide bonds. The number of anilines is 1. The molecule has 0 aliphatic carbocycles. The Balaban J connectivity index is 1.79. The van der Waals surface area contributed by atoms with E-state index in [4.69, 9.17) is 26.5 Å². The Morgan fingerprint density at radius 3 is 2.86 bits per heavy atom. The van der Waals surface area contributed by atoms with Crippen molar-refractivity contribution in [1.29, 1.82) is 0 Å². The maximum absolute atomic E-state index is 11.8. The zero-order valence-electron chi connectivity index (χ0n) is 14.1. The Morgan fingerprint density at radius 1 is 1.43 bits per heavy atom. The number of hydrogen-bond acceptors (Lipinski definition) is 10. The van der Waals surface area contributed by atoms with Gasteiger partial charge < -0.3 is 14.9 Å². The lowest BCUT2D eigenvalue weighted by Crippen LogP contribution is -2.19. The van der Waals surface area contributed by atoms with Crippen LogP contribution in [0, 0.1) is 10.1 Å². The van der Waals surface area contributed by atoms with E-state index < -0.39 is 10.8 Å². The first-order valence-corrected chi connectivity index (χ1v) is 7.82. The summed E-state index contributed by atoms with van der Waals surface area (Å²) in [4.78, 5) is 22.1. The number of benzene rings is 1. The van der Waals surface area contributed by atoms with Crippen LogP contribution in [0.4, 0.5) is 11.5 Å². The number of methoxy groups -OCH3 is 1. The molecule has 12 nitrogen and oxygen atoms in total. The Labute approximate surface area is 161 Å². The smallest absolute Gasteiger partial charge is 0.297 e. The van der Waals surface area contributed by atoms with Gasteiger partial charge >= 0.3 is 0 Å². The molecule has 0 fully saturated rings. The number of nitrogens with one attached hydrogen (secondary N) is 1. The monoisotopic (exact) mass is 406 g/mol. The zero-order valence-corrected chi connectivity index (χ0v) is 14.8. The first kappa shape index (κ1) is 18.8. The van der Waals surface area contributed by atoms with Gasteiger partial charge in [0.2, 0.25) is 11.5 Å². The average molecular weight is 407 g/mol. The molecule has 2 heterocycles. The fourth-order valence-corrected chi connectivity index (χ4v) is 2.40. The summed E-state index contributed by atoms with van der Waals surface area (Å²) < 4.78 is 15.1. The highest BCUT2D eigenvalue weighted by atomic mass is 35.5. The Bertz CT molecular complexity index is 1070. The van der Waals surface area contributed by atoms with Crippen LogP contribution in [-0.2, 0) is 0 Å². The summed E-state index contributed by atoms with van der Waals surface area (Å²) in [7, 11) is 1.36. The Morgan fingerprint density at radius 2 is 2.21 bits per heavy atom. The standard InChI is InChI=1S/C15H11ClN6O6/c1-26-12-5-10(22(24)25)9(16)4-8(12)11-3-2-7(27-11)6-18-19-15(23)13-14(17)21-28-20-13/h2-6H,1H3,(H2,17,21)(H,19,23)/b18-6-. The van der Waals surface area contributed by atoms with E-state index in [2.05, 4.69) is 25.5 Å². The molecule has 0 bridgehead atoms. The van der Waals surface area contributed by atoms with E-state index in [0.717, 1.165) is 0 Å². The number of halogens is 1. The molecule has 13 heteroatoms. The van der Waals surface area contributed by atoms with Crippen LogP contribution in [0.15, 0.2) is 38.4 Å². The number of nitro groups is 1. The second-order valence-electron chi connectivity index (χ2n) is 5.16. The zero-order chi connectivity index (χ0) is 20.3. The fourth-order valence-electron chi connectivity index (χ4n) is 2.17. The topological polar surface area (TPSA) is 172 Å². The molecule has 0 aliphatic rings. The number of nitrogens with two attached hydrogens (primary N) is 1. The molecule has 144 valence electrons. The second-order valence-corrected chi connectivity index (χ2v) is 5.57. The van der Waals surface area contributed by atoms with Crippen LogP contribution in [0.2, 0.25) is 5.02 Å². The maximum atomic E-state index is 11.8. The normalized spacial score (nSPS) is 10.9. The van der Waals surface area contributed by atoms with Gasteiger partial charge in [-0.2, -0.15) is 5.10 Å². The highest BCUT2D eigenvalue weighted by molar-refractivity contribution is 6.33. The maximum Gasteiger partial charge on any atom is 0.297 e. The number of carbonyl (C=O) groups excluding carboxylic acids is 1. The number of furan rings is 1. The molecule has 3 N–H and O–H groups in total. The van der Waals surface area contributed by atoms with Gasteiger partial charge in [0.05, 0.1) is 29.9 Å². The number of nitro benzene ring substituents is 1. The number of nitrogens with zero attached hydrogens (tertiary/aromatic N) is 4. The molecule has 0 saturated carbocycles. The highest BCUT2D eigenvalue weighted by Crippen LogP contribution is 2.38. The van der Waals surface area contributed by atoms with Gasteiger partial charge in [0.1, 0.15) is 22.3 Å². The largest absolute Gasteiger partial charge is 0.496 e. The number of carbonyl (C=O) groups is 1. The third-order valence-electron chi connectivity index (χ3n) is 3.44. The van der Waals surface area contributed by atoms with E-state index in [0.29, 0.717) is 11.3 Å². The van der Waals surface area contributed by atoms with Crippen molar-refractivity contribution in [2.24, 2.45) is 5.10 Å². The lowest BCUT2D eigenvalue weighted by atomic mass is 10.1. The van der Waals surface area contributed by atoms with Crippen LogP contribution in [0.25, 0.3) is 11.3 Å². The van der Waals surface area contributed by atoms with E-state index in [1.54, 1.807) is 12.1 Å². The van der Waals surface area contributed by atoms with Crippen LogP contribution in [0.3, 0.4) is 0 Å². The predicted octanol–water partition coefficient (Wildman–Crippen LogP) is 2.25. The molecule has 2 aromatic heterocycles. The highest BCUT2D eigenvalue weighted by Gasteiger charge is 2.20. The van der Waals surface area contributed by atoms with Crippen LogP contribution >= 0.6 is 11.6 Å². The minimum Gasteiger partial charge on any atom is -0.496 e. The second kappa shape index (κ2) is 7.75. The molecule has 0 spiro atoms. The van der Waals surface area contributed by atoms with E-state index in [-0.39, 0.29) is 33.7 Å². The Kier molecular flexibility index (Phi) is 5.22.